The van der Waals surface area contributed by atoms with Crippen LogP contribution in [0.3, 0.4) is 0 Å². The second-order valence-electron chi connectivity index (χ2n) is 8.65. The number of amides is 2. The van der Waals surface area contributed by atoms with Gasteiger partial charge in [0.2, 0.25) is 0 Å². The number of benzene rings is 1. The Morgan fingerprint density at radius 2 is 2.00 bits per heavy atom. The minimum atomic E-state index is -0.296. The molecule has 2 aliphatic heterocycles. The summed E-state index contributed by atoms with van der Waals surface area (Å²) >= 11 is 0. The van der Waals surface area contributed by atoms with Gasteiger partial charge in [0.15, 0.2) is 0 Å². The maximum absolute atomic E-state index is 13.0. The number of dihydropyridines is 1. The van der Waals surface area contributed by atoms with E-state index in [4.69, 9.17) is 10.6 Å². The third kappa shape index (κ3) is 5.34. The number of hydrogen-bond acceptors (Lipinski definition) is 6. The maximum atomic E-state index is 13.0. The van der Waals surface area contributed by atoms with Gasteiger partial charge in [-0.1, -0.05) is 13.8 Å². The van der Waals surface area contributed by atoms with Crippen LogP contribution >= 0.6 is 0 Å². The number of ether oxygens (including phenoxy) is 1. The van der Waals surface area contributed by atoms with Gasteiger partial charge in [0.05, 0.1) is 18.4 Å². The summed E-state index contributed by atoms with van der Waals surface area (Å²) in [6.07, 6.45) is 3.78. The van der Waals surface area contributed by atoms with Crippen LogP contribution in [-0.2, 0) is 9.59 Å². The third-order valence-corrected chi connectivity index (χ3v) is 6.55. The highest BCUT2D eigenvalue weighted by atomic mass is 16.5. The second-order valence-corrected chi connectivity index (χ2v) is 8.65. The smallest absolute Gasteiger partial charge is 0.273 e. The lowest BCUT2D eigenvalue weighted by Gasteiger charge is -2.23. The second kappa shape index (κ2) is 11.4. The van der Waals surface area contributed by atoms with E-state index in [-0.39, 0.29) is 11.8 Å². The first kappa shape index (κ1) is 25.5. The van der Waals surface area contributed by atoms with E-state index in [0.717, 1.165) is 59.9 Å². The van der Waals surface area contributed by atoms with Crippen LogP contribution in [0.2, 0.25) is 0 Å². The Labute approximate surface area is 202 Å². The Morgan fingerprint density at radius 3 is 2.68 bits per heavy atom. The molecule has 184 valence electrons. The average molecular weight is 468 g/mol. The van der Waals surface area contributed by atoms with Gasteiger partial charge in [-0.15, -0.1) is 0 Å². The highest BCUT2D eigenvalue weighted by Gasteiger charge is 2.32. The number of methoxy groups -OCH3 is 1. The van der Waals surface area contributed by atoms with Gasteiger partial charge in [0.1, 0.15) is 5.75 Å². The summed E-state index contributed by atoms with van der Waals surface area (Å²) in [5.74, 6) is 6.29. The summed E-state index contributed by atoms with van der Waals surface area (Å²) in [6, 6.07) is 5.38. The Hall–Kier alpha value is -3.10. The summed E-state index contributed by atoms with van der Waals surface area (Å²) < 4.78 is 5.26. The van der Waals surface area contributed by atoms with Crippen LogP contribution in [0.1, 0.15) is 46.1 Å². The number of anilines is 1. The van der Waals surface area contributed by atoms with Crippen LogP contribution in [0.15, 0.2) is 46.7 Å². The van der Waals surface area contributed by atoms with E-state index in [1.54, 1.807) is 25.3 Å². The summed E-state index contributed by atoms with van der Waals surface area (Å²) in [4.78, 5) is 28.3. The molecule has 2 aliphatic rings. The molecule has 0 aromatic heterocycles. The molecule has 34 heavy (non-hydrogen) atoms. The van der Waals surface area contributed by atoms with Crippen LogP contribution in [0, 0.1) is 0 Å². The number of nitrogens with one attached hydrogen (secondary N) is 2. The minimum absolute atomic E-state index is 0.0708. The molecule has 0 atom stereocenters. The molecule has 0 spiro atoms. The van der Waals surface area contributed by atoms with Gasteiger partial charge in [-0.2, -0.15) is 0 Å². The van der Waals surface area contributed by atoms with Gasteiger partial charge in [-0.05, 0) is 75.7 Å². The molecule has 3 rings (SSSR count). The van der Waals surface area contributed by atoms with Crippen molar-refractivity contribution < 1.29 is 14.3 Å². The molecule has 1 aromatic carbocycles. The number of nitrogens with zero attached hydrogens (tertiary/aromatic N) is 2. The first-order valence-corrected chi connectivity index (χ1v) is 12.0. The quantitative estimate of drug-likeness (QED) is 0.212. The highest BCUT2D eigenvalue weighted by Crippen LogP contribution is 2.38. The van der Waals surface area contributed by atoms with Crippen molar-refractivity contribution in [3.8, 4) is 5.75 Å². The molecule has 8 nitrogen and oxygen atoms in total. The number of hydrogen-bond donors (Lipinski definition) is 3. The molecule has 0 saturated carbocycles. The van der Waals surface area contributed by atoms with E-state index in [9.17, 15) is 9.59 Å². The Kier molecular flexibility index (Phi) is 8.52. The fourth-order valence-corrected chi connectivity index (χ4v) is 4.42. The molecule has 0 unspecified atom stereocenters. The molecule has 1 aromatic rings. The number of fused-ring (bicyclic) bond motifs is 1. The number of nitrogens with two attached hydrogens (primary N) is 1. The number of unbranched alkanes of at least 4 members (excludes halogenated alkanes) is 1. The molecular weight excluding hydrogens is 430 g/mol. The number of rotatable bonds is 10. The zero-order valence-electron chi connectivity index (χ0n) is 21.0. The first-order valence-electron chi connectivity index (χ1n) is 12.0. The predicted molar refractivity (Wildman–Crippen MR) is 136 cm³/mol. The largest absolute Gasteiger partial charge is 0.497 e. The van der Waals surface area contributed by atoms with Crippen LogP contribution < -0.4 is 26.2 Å². The molecule has 0 saturated heterocycles. The van der Waals surface area contributed by atoms with Crippen molar-refractivity contribution in [3.05, 3.63) is 52.3 Å². The minimum Gasteiger partial charge on any atom is -0.497 e. The summed E-state index contributed by atoms with van der Waals surface area (Å²) in [5.41, 5.74) is 5.04. The van der Waals surface area contributed by atoms with E-state index < -0.39 is 0 Å². The Bertz CT molecular complexity index is 1040. The molecule has 0 bridgehead atoms. The van der Waals surface area contributed by atoms with Crippen LogP contribution in [0.5, 0.6) is 5.75 Å². The standard InChI is InChI=1S/C26H37N5O3/c1-6-30(7-2)13-9-8-12-28-25(32)24-17(3)16-29-22(18(24)4)15-21-20-11-10-19(34-5)14-23(20)31(27)26(21)33/h10-11,14-15,29H,6-9,12-13,16,27H2,1-5H3,(H,28,32)/b21-15-. The zero-order valence-corrected chi connectivity index (χ0v) is 21.0. The maximum Gasteiger partial charge on any atom is 0.273 e. The molecule has 2 heterocycles. The average Bonchev–Trinajstić information content (AvgIpc) is 3.07. The number of carbonyl (C=O) groups is 2. The normalized spacial score (nSPS) is 17.0. The lowest BCUT2D eigenvalue weighted by Crippen LogP contribution is -2.34. The van der Waals surface area contributed by atoms with Crippen molar-refractivity contribution in [1.29, 1.82) is 0 Å². The molecule has 0 aliphatic carbocycles. The molecule has 8 heteroatoms. The van der Waals surface area contributed by atoms with Gasteiger partial charge in [-0.3, -0.25) is 9.59 Å². The van der Waals surface area contributed by atoms with E-state index in [2.05, 4.69) is 29.4 Å². The molecule has 4 N–H and O–H groups in total. The van der Waals surface area contributed by atoms with Crippen molar-refractivity contribution >= 4 is 23.1 Å². The van der Waals surface area contributed by atoms with Crippen LogP contribution in [-0.4, -0.2) is 56.5 Å². The fraction of sp³-hybridized carbons (Fsp3) is 0.462. The number of carbonyl (C=O) groups excluding carboxylic acids is 2. The molecular formula is C26H37N5O3. The summed E-state index contributed by atoms with van der Waals surface area (Å²) in [5, 5.41) is 7.55. The van der Waals surface area contributed by atoms with E-state index in [0.29, 0.717) is 35.7 Å². The van der Waals surface area contributed by atoms with Gasteiger partial charge in [-0.25, -0.2) is 10.9 Å². The van der Waals surface area contributed by atoms with Crippen molar-refractivity contribution in [2.75, 3.05) is 44.8 Å². The first-order chi connectivity index (χ1) is 16.3. The summed E-state index contributed by atoms with van der Waals surface area (Å²) in [6.45, 7) is 12.5. The zero-order chi connectivity index (χ0) is 24.8. The number of hydrazine groups is 1. The topological polar surface area (TPSA) is 99.9 Å². The van der Waals surface area contributed by atoms with Gasteiger partial charge >= 0.3 is 0 Å². The number of allylic oxidation sites excluding steroid dienone is 1. The monoisotopic (exact) mass is 467 g/mol. The van der Waals surface area contributed by atoms with Crippen molar-refractivity contribution in [3.63, 3.8) is 0 Å². The SMILES string of the molecule is CCN(CC)CCCCNC(=O)C1=C(C)CNC(/C=C2\C(=O)N(N)c3cc(OC)ccc32)=C1C. The van der Waals surface area contributed by atoms with Gasteiger partial charge in [0, 0.05) is 36.0 Å². The highest BCUT2D eigenvalue weighted by molar-refractivity contribution is 6.32. The van der Waals surface area contributed by atoms with E-state index in [1.165, 1.54) is 0 Å². The molecule has 0 radical (unpaired) electrons. The lowest BCUT2D eigenvalue weighted by atomic mass is 9.94. The van der Waals surface area contributed by atoms with E-state index >= 15 is 0 Å². The van der Waals surface area contributed by atoms with Crippen LogP contribution in [0.25, 0.3) is 5.57 Å². The van der Waals surface area contributed by atoms with E-state index in [1.807, 2.05) is 19.9 Å². The Balaban J connectivity index is 1.75. The predicted octanol–water partition coefficient (Wildman–Crippen LogP) is 2.73. The Morgan fingerprint density at radius 1 is 1.26 bits per heavy atom. The van der Waals surface area contributed by atoms with Crippen molar-refractivity contribution in [2.24, 2.45) is 5.84 Å². The molecule has 0 fully saturated rings. The fourth-order valence-electron chi connectivity index (χ4n) is 4.42. The van der Waals surface area contributed by atoms with Gasteiger partial charge < -0.3 is 20.3 Å². The lowest BCUT2D eigenvalue weighted by molar-refractivity contribution is -0.117. The molecule has 2 amide bonds. The summed E-state index contributed by atoms with van der Waals surface area (Å²) in [7, 11) is 1.57. The van der Waals surface area contributed by atoms with Crippen molar-refractivity contribution in [2.45, 2.75) is 40.5 Å². The van der Waals surface area contributed by atoms with Crippen LogP contribution in [0.4, 0.5) is 5.69 Å². The third-order valence-electron chi connectivity index (χ3n) is 6.55. The van der Waals surface area contributed by atoms with Crippen molar-refractivity contribution in [1.82, 2.24) is 15.5 Å². The van der Waals surface area contributed by atoms with Gasteiger partial charge in [0.25, 0.3) is 11.8 Å².